The van der Waals surface area contributed by atoms with Crippen LogP contribution in [0.3, 0.4) is 0 Å². The molecule has 4 saturated heterocycles. The van der Waals surface area contributed by atoms with Crippen molar-refractivity contribution in [2.75, 3.05) is 118 Å². The molecule has 12 heterocycles. The van der Waals surface area contributed by atoms with Crippen molar-refractivity contribution in [3.8, 4) is 0 Å². The molecule has 8 aromatic rings. The molecule has 8 aliphatic heterocycles. The fourth-order valence-electron chi connectivity index (χ4n) is 15.7. The van der Waals surface area contributed by atoms with Crippen LogP contribution in [0.4, 0.5) is 48.3 Å². The molecule has 0 radical (unpaired) electrons. The van der Waals surface area contributed by atoms with Gasteiger partial charge in [-0.1, -0.05) is 79.3 Å². The number of aliphatic hydroxyl groups excluding tert-OH is 2. The molecule has 0 amide bonds. The van der Waals surface area contributed by atoms with E-state index in [4.69, 9.17) is 66.8 Å². The van der Waals surface area contributed by atoms with E-state index >= 15 is 0 Å². The summed E-state index contributed by atoms with van der Waals surface area (Å²) >= 11 is 24.5. The highest BCUT2D eigenvalue weighted by Gasteiger charge is 2.53. The number of aromatic nitrogens is 4. The van der Waals surface area contributed by atoms with Gasteiger partial charge in [-0.2, -0.15) is 0 Å². The van der Waals surface area contributed by atoms with E-state index < -0.39 is 164 Å². The van der Waals surface area contributed by atoms with Gasteiger partial charge in [0.1, 0.15) is 91.2 Å². The molecule has 51 heteroatoms. The second-order valence-corrected chi connectivity index (χ2v) is 37.6. The fourth-order valence-corrected chi connectivity index (χ4v) is 19.7. The number of aliphatic carboxylic acids is 2. The number of thiazole rings is 4. The minimum atomic E-state index is -3.32. The first-order chi connectivity index (χ1) is 66.2. The van der Waals surface area contributed by atoms with E-state index in [-0.39, 0.29) is 135 Å². The summed E-state index contributed by atoms with van der Waals surface area (Å²) in [6, 6.07) is 11.7. The molecule has 4 fully saturated rings. The number of carbonyl (C=O) groups excluding carboxylic acids is 4. The third kappa shape index (κ3) is 26.3. The number of benzene rings is 4. The van der Waals surface area contributed by atoms with Crippen molar-refractivity contribution < 1.29 is 126 Å². The smallest absolute Gasteiger partial charge is 0.338 e. The summed E-state index contributed by atoms with van der Waals surface area (Å²) in [6.45, 7) is 2.41. The lowest BCUT2D eigenvalue weighted by molar-refractivity contribution is -0.153. The van der Waals surface area contributed by atoms with Crippen LogP contribution in [0.1, 0.15) is 94.1 Å². The lowest BCUT2D eigenvalue weighted by Crippen LogP contribution is -2.39. The number of hydrogen-bond acceptors (Lipinski definition) is 34. The summed E-state index contributed by atoms with van der Waals surface area (Å²) in [6.07, 6.45) is -1.23. The first-order valence-electron chi connectivity index (χ1n) is 42.3. The van der Waals surface area contributed by atoms with E-state index in [0.29, 0.717) is 80.1 Å². The van der Waals surface area contributed by atoms with Crippen molar-refractivity contribution in [3.63, 3.8) is 0 Å². The van der Waals surface area contributed by atoms with Crippen LogP contribution in [0.5, 0.6) is 0 Å². The van der Waals surface area contributed by atoms with Crippen molar-refractivity contribution in [2.24, 2.45) is 20.0 Å². The van der Waals surface area contributed by atoms with E-state index in [9.17, 15) is 87.3 Å². The minimum absolute atomic E-state index is 0.0137. The van der Waals surface area contributed by atoms with Gasteiger partial charge in [0, 0.05) is 158 Å². The maximum Gasteiger partial charge on any atom is 0.338 e. The van der Waals surface area contributed by atoms with Crippen LogP contribution in [0.15, 0.2) is 193 Å². The van der Waals surface area contributed by atoms with Crippen molar-refractivity contribution in [1.82, 2.24) is 60.8 Å². The van der Waals surface area contributed by atoms with Crippen molar-refractivity contribution in [1.29, 1.82) is 0 Å². The van der Waals surface area contributed by atoms with Gasteiger partial charge in [0.05, 0.1) is 68.4 Å². The van der Waals surface area contributed by atoms with Gasteiger partial charge in [-0.3, -0.25) is 39.6 Å². The normalized spacial score (nSPS) is 22.3. The molecule has 0 spiro atoms. The number of nitrogens with zero attached hydrogens (tertiary/aromatic N) is 12. The highest BCUT2D eigenvalue weighted by Crippen LogP contribution is 2.45. The van der Waals surface area contributed by atoms with Crippen LogP contribution >= 0.6 is 100 Å². The van der Waals surface area contributed by atoms with Crippen molar-refractivity contribution in [2.45, 2.75) is 100 Å². The van der Waals surface area contributed by atoms with Gasteiger partial charge >= 0.3 is 35.8 Å². The third-order valence-electron chi connectivity index (χ3n) is 21.7. The van der Waals surface area contributed by atoms with Gasteiger partial charge < -0.3 is 70.1 Å². The minimum Gasteiger partial charge on any atom is -0.480 e. The highest BCUT2D eigenvalue weighted by molar-refractivity contribution is 9.10. The molecule has 8 N–H and O–H groups in total. The Bertz CT molecular complexity index is 5930. The lowest BCUT2D eigenvalue weighted by Gasteiger charge is -2.29. The standard InChI is InChI=1S/C23H23BrF2N4O5S.C23H22ClF3N4O5S.C21H20BrF3N4O3S.C21H20ClF3N4O3S/c1-2-34-23(33)19-16(9-30-8-15(26)17(10-30)35-11-18(31)32)28-21(22-27-5-6-36-22)29-20(19)13-4-3-12(25)7-14(13)24;1-2-35-22(34)18-15(8-31-9-16(23(26,27)11-31)36-10-17(32)33)29-20(21-28-5-6-37-21)30-19(18)13-4-3-12(25)7-14(13)24;2*1-2-32-20(31)16-14(8-29-9-15(30)21(24,25)10-29)27-18(19-26-5-6-33-19)28-17(16)12-4-3-11(23)7-13(12)22/h3-7,15,17,20H,2,8-11H2,1H3,(H,28,29)(H,31,32);3-7,16,19H,2,8-11H2,1H3,(H,29,30)(H,32,33);2*3-7,15,17,30H,2,8-10H2,1H3,(H,27,28)/t15?,17?,20-;16?,19-;2*15?,17-/m0000/s1. The summed E-state index contributed by atoms with van der Waals surface area (Å²) < 4.78 is 187. The molecule has 0 bridgehead atoms. The van der Waals surface area contributed by atoms with Gasteiger partial charge in [-0.05, 0) is 87.4 Å². The number of esters is 4. The zero-order valence-electron chi connectivity index (χ0n) is 73.3. The Morgan fingerprint density at radius 2 is 0.719 bits per heavy atom. The average molecular weight is 2190 g/mol. The molecule has 4 aromatic carbocycles. The van der Waals surface area contributed by atoms with Gasteiger partial charge in [0.25, 0.3) is 17.8 Å². The van der Waals surface area contributed by atoms with Crippen LogP contribution < -0.4 is 21.3 Å². The summed E-state index contributed by atoms with van der Waals surface area (Å²) in [5.41, 5.74) is 3.34. The van der Waals surface area contributed by atoms with E-state index in [1.54, 1.807) is 85.0 Å². The lowest BCUT2D eigenvalue weighted by atomic mass is 9.95. The molecule has 16 rings (SSSR count). The van der Waals surface area contributed by atoms with Crippen LogP contribution in [0, 0.1) is 23.3 Å². The van der Waals surface area contributed by atoms with Crippen LogP contribution in [0.2, 0.25) is 10.0 Å². The first-order valence-corrected chi connectivity index (χ1v) is 48.2. The zero-order valence-corrected chi connectivity index (χ0v) is 81.3. The van der Waals surface area contributed by atoms with Crippen LogP contribution in [0.25, 0.3) is 0 Å². The zero-order chi connectivity index (χ0) is 100. The molecule has 9 atom stereocenters. The Balaban J connectivity index is 0.000000156. The number of likely N-dealkylation sites (tertiary alicyclic amines) is 4. The SMILES string of the molecule is CCOC(=O)C1=C(CN2CC(F)C(OCC(=O)O)C2)NC(c2nccs2)=N[C@H]1c1ccc(F)cc1Br.CCOC(=O)C1=C(CN2CC(O)C(F)(F)C2)NC(c2nccs2)=N[C@H]1c1ccc(F)cc1Br.CCOC(=O)C1=C(CN2CC(O)C(F)(F)C2)NC(c2nccs2)=N[C@H]1c1ccc(F)cc1Cl.CCOC(=O)C1=C(CN2CC(OCC(=O)O)C(F)(F)C2)NC(c2nccs2)=N[C@H]1c1ccc(F)cc1Cl. The van der Waals surface area contributed by atoms with E-state index in [1.807, 2.05) is 0 Å². The first kappa shape index (κ1) is 106. The second kappa shape index (κ2) is 46.9. The molecule has 0 saturated carbocycles. The summed E-state index contributed by atoms with van der Waals surface area (Å²) in [5.74, 6) is -15.9. The van der Waals surface area contributed by atoms with E-state index in [0.717, 1.165) is 12.1 Å². The number of carboxylic acid groups (broad SMARTS) is 2. The van der Waals surface area contributed by atoms with Gasteiger partial charge in [-0.25, -0.2) is 97.0 Å². The maximum absolute atomic E-state index is 14.6. The monoisotopic (exact) mass is 2190 g/mol. The number of halogens is 15. The quantitative estimate of drug-likeness (QED) is 0.0118. The highest BCUT2D eigenvalue weighted by atomic mass is 79.9. The molecule has 5 unspecified atom stereocenters. The van der Waals surface area contributed by atoms with Crippen molar-refractivity contribution >= 4 is 160 Å². The Labute approximate surface area is 827 Å². The molecule has 742 valence electrons. The molecule has 32 nitrogen and oxygen atoms in total. The number of ether oxygens (including phenoxy) is 6. The third-order valence-corrected chi connectivity index (χ3v) is 26.9. The predicted molar refractivity (Wildman–Crippen MR) is 496 cm³/mol. The Morgan fingerprint density at radius 1 is 0.424 bits per heavy atom. The van der Waals surface area contributed by atoms with Crippen molar-refractivity contribution in [3.05, 3.63) is 249 Å². The number of carboxylic acids is 2. The number of nitrogens with one attached hydrogen (secondary N) is 4. The molecule has 0 aliphatic carbocycles. The largest absolute Gasteiger partial charge is 0.480 e. The maximum atomic E-state index is 14.6. The molecular weight excluding hydrogens is 2110 g/mol. The Kier molecular flexibility index (Phi) is 35.7. The Hall–Kier alpha value is -10.5. The van der Waals surface area contributed by atoms with Crippen LogP contribution in [-0.2, 0) is 57.2 Å². The fraction of sp³-hybridized carbons (Fsp3) is 0.386. The van der Waals surface area contributed by atoms with Gasteiger partial charge in [0.2, 0.25) is 0 Å². The molecule has 4 aromatic heterocycles. The number of rotatable bonds is 30. The predicted octanol–water partition coefficient (Wildman–Crippen LogP) is 12.8. The number of β-amino-alcohol motifs (C(OH)–C–C–N with tert-alkyl or cyclic N) is 2. The van der Waals surface area contributed by atoms with E-state index in [2.05, 4.69) is 88.0 Å². The molecule has 8 aliphatic rings. The number of amidine groups is 4. The van der Waals surface area contributed by atoms with Crippen LogP contribution in [-0.4, -0.2) is 286 Å². The molecular formula is C88H85Br2Cl2F11N16O16S4. The number of hydrogen-bond donors (Lipinski definition) is 8. The molecule has 139 heavy (non-hydrogen) atoms. The number of carbonyl (C=O) groups is 6. The summed E-state index contributed by atoms with van der Waals surface area (Å²) in [4.78, 5) is 115. The number of aliphatic hydroxyl groups is 2. The second-order valence-electron chi connectivity index (χ2n) is 31.5. The number of aliphatic imine (C=N–C) groups is 4. The summed E-state index contributed by atoms with van der Waals surface area (Å²) in [7, 11) is 0. The van der Waals surface area contributed by atoms with E-state index in [1.165, 1.54) is 115 Å². The summed E-state index contributed by atoms with van der Waals surface area (Å²) in [5, 5.41) is 58.5. The topological polar surface area (TPSA) is 401 Å². The van der Waals surface area contributed by atoms with Gasteiger partial charge in [-0.15, -0.1) is 45.3 Å². The number of alkyl halides is 7. The average Bonchev–Trinajstić information content (AvgIpc) is 1.06. The Morgan fingerprint density at radius 3 is 1.01 bits per heavy atom. The van der Waals surface area contributed by atoms with Gasteiger partial charge in [0.15, 0.2) is 43.4 Å².